The minimum Gasteiger partial charge on any atom is -0.481 e. The first-order valence-electron chi connectivity index (χ1n) is 8.01. The van der Waals surface area contributed by atoms with Crippen LogP contribution in [0.1, 0.15) is 32.6 Å². The van der Waals surface area contributed by atoms with Gasteiger partial charge < -0.3 is 10.4 Å². The second kappa shape index (κ2) is 7.77. The van der Waals surface area contributed by atoms with Crippen LogP contribution in [0.5, 0.6) is 0 Å². The molecule has 1 amide bonds. The van der Waals surface area contributed by atoms with Crippen LogP contribution in [0.15, 0.2) is 42.5 Å². The summed E-state index contributed by atoms with van der Waals surface area (Å²) in [6.07, 6.45) is 0.393. The summed E-state index contributed by atoms with van der Waals surface area (Å²) in [7, 11) is 0. The molecule has 2 rings (SSSR count). The Morgan fingerprint density at radius 1 is 1.04 bits per heavy atom. The Balaban J connectivity index is 2.06. The summed E-state index contributed by atoms with van der Waals surface area (Å²) >= 11 is 0. The topological polar surface area (TPSA) is 66.4 Å². The SMILES string of the molecule is Cc1cccc(CC(CNC(=O)c2c(C)cccc2C)C(=O)O)c1. The molecular formula is C20H23NO3. The van der Waals surface area contributed by atoms with Crippen LogP contribution >= 0.6 is 0 Å². The lowest BCUT2D eigenvalue weighted by Gasteiger charge is -2.15. The first-order chi connectivity index (χ1) is 11.4. The minimum absolute atomic E-state index is 0.107. The maximum absolute atomic E-state index is 12.4. The highest BCUT2D eigenvalue weighted by molar-refractivity contribution is 5.97. The molecule has 2 aromatic rings. The van der Waals surface area contributed by atoms with E-state index in [0.717, 1.165) is 22.3 Å². The molecule has 4 heteroatoms. The average Bonchev–Trinajstić information content (AvgIpc) is 2.51. The molecule has 0 heterocycles. The van der Waals surface area contributed by atoms with E-state index in [1.807, 2.05) is 63.2 Å². The Kier molecular flexibility index (Phi) is 5.74. The molecule has 0 bridgehead atoms. The van der Waals surface area contributed by atoms with Crippen molar-refractivity contribution in [1.29, 1.82) is 0 Å². The molecule has 0 aliphatic rings. The summed E-state index contributed by atoms with van der Waals surface area (Å²) in [4.78, 5) is 23.9. The van der Waals surface area contributed by atoms with E-state index in [1.165, 1.54) is 0 Å². The van der Waals surface area contributed by atoms with Crippen molar-refractivity contribution in [2.45, 2.75) is 27.2 Å². The maximum atomic E-state index is 12.4. The van der Waals surface area contributed by atoms with Crippen molar-refractivity contribution in [3.63, 3.8) is 0 Å². The first kappa shape index (κ1) is 17.7. The molecule has 126 valence electrons. The van der Waals surface area contributed by atoms with Crippen molar-refractivity contribution in [2.75, 3.05) is 6.54 Å². The molecule has 0 saturated heterocycles. The molecule has 0 fully saturated rings. The third-order valence-corrected chi connectivity index (χ3v) is 4.13. The molecule has 0 spiro atoms. The smallest absolute Gasteiger partial charge is 0.308 e. The molecule has 4 nitrogen and oxygen atoms in total. The predicted octanol–water partition coefficient (Wildman–Crippen LogP) is 3.29. The van der Waals surface area contributed by atoms with Crippen molar-refractivity contribution in [1.82, 2.24) is 5.32 Å². The molecule has 0 aliphatic heterocycles. The Morgan fingerprint density at radius 2 is 1.67 bits per heavy atom. The van der Waals surface area contributed by atoms with Crippen molar-refractivity contribution < 1.29 is 14.7 Å². The van der Waals surface area contributed by atoms with Crippen molar-refractivity contribution in [3.8, 4) is 0 Å². The number of carboxylic acid groups (broad SMARTS) is 1. The van der Waals surface area contributed by atoms with Gasteiger partial charge >= 0.3 is 5.97 Å². The monoisotopic (exact) mass is 325 g/mol. The Morgan fingerprint density at radius 3 is 2.25 bits per heavy atom. The molecule has 0 aromatic heterocycles. The Labute approximate surface area is 142 Å². The van der Waals surface area contributed by atoms with Crippen LogP contribution in [0, 0.1) is 26.7 Å². The van der Waals surface area contributed by atoms with Crippen LogP contribution in [0.4, 0.5) is 0 Å². The second-order valence-electron chi connectivity index (χ2n) is 6.21. The molecule has 1 atom stereocenters. The summed E-state index contributed by atoms with van der Waals surface area (Å²) in [6.45, 7) is 5.84. The second-order valence-corrected chi connectivity index (χ2v) is 6.21. The fourth-order valence-corrected chi connectivity index (χ4v) is 2.85. The summed E-state index contributed by atoms with van der Waals surface area (Å²) in [6, 6.07) is 13.4. The molecule has 0 saturated carbocycles. The summed E-state index contributed by atoms with van der Waals surface area (Å²) in [5.74, 6) is -1.78. The minimum atomic E-state index is -0.904. The lowest BCUT2D eigenvalue weighted by atomic mass is 9.97. The normalized spacial score (nSPS) is 11.8. The Hall–Kier alpha value is -2.62. The number of amides is 1. The fourth-order valence-electron chi connectivity index (χ4n) is 2.85. The van der Waals surface area contributed by atoms with Crippen molar-refractivity contribution >= 4 is 11.9 Å². The average molecular weight is 325 g/mol. The number of benzene rings is 2. The van der Waals surface area contributed by atoms with E-state index < -0.39 is 11.9 Å². The van der Waals surface area contributed by atoms with Crippen LogP contribution in [0.25, 0.3) is 0 Å². The van der Waals surface area contributed by atoms with Gasteiger partial charge in [0.2, 0.25) is 0 Å². The standard InChI is InChI=1S/C20H23NO3/c1-13-6-4-9-16(10-13)11-17(20(23)24)12-21-19(22)18-14(2)7-5-8-15(18)3/h4-10,17H,11-12H2,1-3H3,(H,21,22)(H,23,24). The molecular weight excluding hydrogens is 302 g/mol. The molecule has 0 radical (unpaired) electrons. The highest BCUT2D eigenvalue weighted by atomic mass is 16.4. The van der Waals surface area contributed by atoms with E-state index in [-0.39, 0.29) is 12.5 Å². The summed E-state index contributed by atoms with van der Waals surface area (Å²) in [5, 5.41) is 12.2. The van der Waals surface area contributed by atoms with Crippen LogP contribution in [0.2, 0.25) is 0 Å². The van der Waals surface area contributed by atoms with E-state index in [2.05, 4.69) is 5.32 Å². The van der Waals surface area contributed by atoms with Gasteiger partial charge in [0.25, 0.3) is 5.91 Å². The number of hydrogen-bond acceptors (Lipinski definition) is 2. The molecule has 24 heavy (non-hydrogen) atoms. The highest BCUT2D eigenvalue weighted by Crippen LogP contribution is 2.14. The van der Waals surface area contributed by atoms with E-state index in [9.17, 15) is 14.7 Å². The zero-order valence-corrected chi connectivity index (χ0v) is 14.3. The quantitative estimate of drug-likeness (QED) is 0.856. The third kappa shape index (κ3) is 4.44. The summed E-state index contributed by atoms with van der Waals surface area (Å²) < 4.78 is 0. The van der Waals surface area contributed by atoms with Crippen LogP contribution in [-0.4, -0.2) is 23.5 Å². The van der Waals surface area contributed by atoms with Gasteiger partial charge in [0, 0.05) is 12.1 Å². The van der Waals surface area contributed by atoms with Gasteiger partial charge in [0.15, 0.2) is 0 Å². The van der Waals surface area contributed by atoms with E-state index >= 15 is 0 Å². The van der Waals surface area contributed by atoms with Gasteiger partial charge in [-0.2, -0.15) is 0 Å². The number of nitrogens with one attached hydrogen (secondary N) is 1. The maximum Gasteiger partial charge on any atom is 0.308 e. The van der Waals surface area contributed by atoms with Crippen molar-refractivity contribution in [3.05, 3.63) is 70.3 Å². The van der Waals surface area contributed by atoms with Crippen LogP contribution in [-0.2, 0) is 11.2 Å². The number of hydrogen-bond donors (Lipinski definition) is 2. The number of carbonyl (C=O) groups is 2. The largest absolute Gasteiger partial charge is 0.481 e. The number of aliphatic carboxylic acids is 1. The molecule has 1 unspecified atom stereocenters. The first-order valence-corrected chi connectivity index (χ1v) is 8.01. The molecule has 0 aliphatic carbocycles. The van der Waals surface area contributed by atoms with Gasteiger partial charge in [-0.05, 0) is 43.9 Å². The highest BCUT2D eigenvalue weighted by Gasteiger charge is 2.20. The van der Waals surface area contributed by atoms with E-state index in [1.54, 1.807) is 0 Å². The number of carbonyl (C=O) groups excluding carboxylic acids is 1. The van der Waals surface area contributed by atoms with Gasteiger partial charge in [-0.3, -0.25) is 9.59 Å². The molecule has 2 aromatic carbocycles. The van der Waals surface area contributed by atoms with Crippen molar-refractivity contribution in [2.24, 2.45) is 5.92 Å². The summed E-state index contributed by atoms with van der Waals surface area (Å²) in [5.41, 5.74) is 4.45. The lowest BCUT2D eigenvalue weighted by molar-refractivity contribution is -0.141. The van der Waals surface area contributed by atoms with E-state index in [4.69, 9.17) is 0 Å². The zero-order chi connectivity index (χ0) is 17.7. The van der Waals surface area contributed by atoms with Gasteiger partial charge in [-0.25, -0.2) is 0 Å². The number of carboxylic acids is 1. The van der Waals surface area contributed by atoms with Gasteiger partial charge in [0.1, 0.15) is 0 Å². The zero-order valence-electron chi connectivity index (χ0n) is 14.3. The van der Waals surface area contributed by atoms with Crippen LogP contribution in [0.3, 0.4) is 0 Å². The Bertz CT molecular complexity index is 732. The van der Waals surface area contributed by atoms with E-state index in [0.29, 0.717) is 12.0 Å². The van der Waals surface area contributed by atoms with Gasteiger partial charge in [0.05, 0.1) is 5.92 Å². The number of aryl methyl sites for hydroxylation is 3. The fraction of sp³-hybridized carbons (Fsp3) is 0.300. The lowest BCUT2D eigenvalue weighted by Crippen LogP contribution is -2.34. The predicted molar refractivity (Wildman–Crippen MR) is 94.3 cm³/mol. The van der Waals surface area contributed by atoms with Crippen LogP contribution < -0.4 is 5.32 Å². The third-order valence-electron chi connectivity index (χ3n) is 4.13. The van der Waals surface area contributed by atoms with Gasteiger partial charge in [-0.15, -0.1) is 0 Å². The molecule has 2 N–H and O–H groups in total. The van der Waals surface area contributed by atoms with Gasteiger partial charge in [-0.1, -0.05) is 48.0 Å². The number of rotatable bonds is 6.